The fourth-order valence-electron chi connectivity index (χ4n) is 1.55. The van der Waals surface area contributed by atoms with Gasteiger partial charge in [-0.1, -0.05) is 11.8 Å². The normalized spacial score (nSPS) is 10.4. The third-order valence-electron chi connectivity index (χ3n) is 2.49. The number of amides is 1. The molecule has 0 heterocycles. The maximum absolute atomic E-state index is 11.4. The lowest BCUT2D eigenvalue weighted by atomic mass is 10.1. The van der Waals surface area contributed by atoms with E-state index in [2.05, 4.69) is 17.2 Å². The summed E-state index contributed by atoms with van der Waals surface area (Å²) in [4.78, 5) is 22.3. The van der Waals surface area contributed by atoms with Gasteiger partial charge in [-0.05, 0) is 26.8 Å². The van der Waals surface area contributed by atoms with E-state index in [1.165, 1.54) is 0 Å². The van der Waals surface area contributed by atoms with E-state index in [1.807, 2.05) is 0 Å². The van der Waals surface area contributed by atoms with E-state index in [-0.39, 0.29) is 29.8 Å². The molecule has 7 nitrogen and oxygen atoms in total. The summed E-state index contributed by atoms with van der Waals surface area (Å²) in [6.45, 7) is 5.49. The van der Waals surface area contributed by atoms with E-state index in [0.29, 0.717) is 0 Å². The van der Waals surface area contributed by atoms with Gasteiger partial charge in [0.05, 0.1) is 5.56 Å². The minimum atomic E-state index is -1.32. The Morgan fingerprint density at radius 3 is 2.43 bits per heavy atom. The van der Waals surface area contributed by atoms with Gasteiger partial charge in [0.25, 0.3) is 0 Å². The summed E-state index contributed by atoms with van der Waals surface area (Å²) in [5.41, 5.74) is -0.850. The van der Waals surface area contributed by atoms with E-state index >= 15 is 0 Å². The van der Waals surface area contributed by atoms with Crippen molar-refractivity contribution in [1.82, 2.24) is 5.32 Å². The number of aromatic hydroxyl groups is 2. The Balaban J connectivity index is 2.62. The molecule has 1 rings (SSSR count). The summed E-state index contributed by atoms with van der Waals surface area (Å²) in [6.07, 6.45) is -0.276. The Kier molecular flexibility index (Phi) is 5.85. The largest absolute Gasteiger partial charge is 0.507 e. The quantitative estimate of drug-likeness (QED) is 0.500. The van der Waals surface area contributed by atoms with Crippen LogP contribution in [0.3, 0.4) is 0 Å². The number of hydrogen-bond acceptors (Lipinski definition) is 5. The molecule has 0 atom stereocenters. The van der Waals surface area contributed by atoms with Gasteiger partial charge in [0.2, 0.25) is 0 Å². The van der Waals surface area contributed by atoms with Crippen molar-refractivity contribution >= 4 is 12.1 Å². The van der Waals surface area contributed by atoms with Crippen molar-refractivity contribution in [2.24, 2.45) is 0 Å². The number of carboxylic acid groups (broad SMARTS) is 1. The number of aromatic carboxylic acids is 1. The van der Waals surface area contributed by atoms with Crippen LogP contribution in [0.25, 0.3) is 0 Å². The molecule has 0 bridgehead atoms. The number of benzene rings is 1. The van der Waals surface area contributed by atoms with Crippen molar-refractivity contribution in [3.63, 3.8) is 0 Å². The standard InChI is InChI=1S/C16H19NO6/c1-16(2,3)23-15(22)17-7-5-4-6-10-8-11(14(20)21)13(19)9-12(10)18/h8-9,18-19H,5,7H2,1-3H3,(H,17,22)(H,20,21). The second-order valence-electron chi connectivity index (χ2n) is 5.67. The highest BCUT2D eigenvalue weighted by Gasteiger charge is 2.15. The van der Waals surface area contributed by atoms with Crippen molar-refractivity contribution in [1.29, 1.82) is 0 Å². The smallest absolute Gasteiger partial charge is 0.407 e. The highest BCUT2D eigenvalue weighted by atomic mass is 16.6. The first-order chi connectivity index (χ1) is 10.6. The summed E-state index contributed by atoms with van der Waals surface area (Å²) in [5.74, 6) is 3.11. The Morgan fingerprint density at radius 2 is 1.87 bits per heavy atom. The fraction of sp³-hybridized carbons (Fsp3) is 0.375. The molecule has 0 saturated heterocycles. The van der Waals surface area contributed by atoms with Crippen LogP contribution in [0.4, 0.5) is 4.79 Å². The lowest BCUT2D eigenvalue weighted by Crippen LogP contribution is -2.32. The van der Waals surface area contributed by atoms with Crippen LogP contribution < -0.4 is 5.32 Å². The van der Waals surface area contributed by atoms with Crippen LogP contribution in [-0.4, -0.2) is 39.5 Å². The zero-order valence-corrected chi connectivity index (χ0v) is 13.1. The zero-order chi connectivity index (χ0) is 17.6. The number of alkyl carbamates (subject to hydrolysis) is 1. The van der Waals surface area contributed by atoms with Crippen molar-refractivity contribution in [2.75, 3.05) is 6.54 Å². The van der Waals surface area contributed by atoms with Crippen molar-refractivity contribution < 1.29 is 29.6 Å². The number of rotatable bonds is 3. The number of phenolic OH excluding ortho intramolecular Hbond substituents is 1. The molecule has 0 aliphatic carbocycles. The Morgan fingerprint density at radius 1 is 1.22 bits per heavy atom. The molecule has 0 spiro atoms. The fourth-order valence-corrected chi connectivity index (χ4v) is 1.55. The van der Waals surface area contributed by atoms with E-state index in [9.17, 15) is 19.8 Å². The SMILES string of the molecule is CC(C)(C)OC(=O)NCCC#Cc1cc(C(=O)O)c(O)cc1O. The van der Waals surface area contributed by atoms with Gasteiger partial charge in [-0.2, -0.15) is 0 Å². The summed E-state index contributed by atoms with van der Waals surface area (Å²) < 4.78 is 5.05. The topological polar surface area (TPSA) is 116 Å². The first kappa shape index (κ1) is 18.2. The number of hydrogen-bond donors (Lipinski definition) is 4. The van der Waals surface area contributed by atoms with Crippen LogP contribution >= 0.6 is 0 Å². The summed E-state index contributed by atoms with van der Waals surface area (Å²) in [5, 5.41) is 30.4. The van der Waals surface area contributed by atoms with Crippen molar-refractivity contribution in [3.8, 4) is 23.3 Å². The highest BCUT2D eigenvalue weighted by molar-refractivity contribution is 5.91. The molecule has 23 heavy (non-hydrogen) atoms. The molecule has 0 saturated carbocycles. The molecular weight excluding hydrogens is 302 g/mol. The molecule has 0 unspecified atom stereocenters. The number of carboxylic acids is 1. The molecule has 1 amide bonds. The molecule has 0 radical (unpaired) electrons. The molecule has 0 aromatic heterocycles. The molecular formula is C16H19NO6. The van der Waals surface area contributed by atoms with Crippen LogP contribution in [0.2, 0.25) is 0 Å². The highest BCUT2D eigenvalue weighted by Crippen LogP contribution is 2.26. The molecule has 1 aromatic rings. The van der Waals surface area contributed by atoms with Crippen molar-refractivity contribution in [3.05, 3.63) is 23.3 Å². The molecule has 0 fully saturated rings. The first-order valence-electron chi connectivity index (χ1n) is 6.85. The summed E-state index contributed by atoms with van der Waals surface area (Å²) in [6, 6.07) is 2.01. The lowest BCUT2D eigenvalue weighted by Gasteiger charge is -2.19. The number of carbonyl (C=O) groups excluding carboxylic acids is 1. The Hall–Kier alpha value is -2.88. The second kappa shape index (κ2) is 7.40. The van der Waals surface area contributed by atoms with Crippen molar-refractivity contribution in [2.45, 2.75) is 32.8 Å². The van der Waals surface area contributed by atoms with Gasteiger partial charge in [0, 0.05) is 19.0 Å². The molecule has 124 valence electrons. The summed E-state index contributed by atoms with van der Waals surface area (Å²) in [7, 11) is 0. The molecule has 4 N–H and O–H groups in total. The summed E-state index contributed by atoms with van der Waals surface area (Å²) >= 11 is 0. The third kappa shape index (κ3) is 6.18. The van der Waals surface area contributed by atoms with E-state index < -0.39 is 23.4 Å². The number of carbonyl (C=O) groups is 2. The van der Waals surface area contributed by atoms with Gasteiger partial charge in [-0.25, -0.2) is 9.59 Å². The van der Waals surface area contributed by atoms with Gasteiger partial charge in [-0.15, -0.1) is 0 Å². The molecule has 0 aliphatic rings. The predicted octanol–water partition coefficient (Wildman–Crippen LogP) is 2.06. The lowest BCUT2D eigenvalue weighted by molar-refractivity contribution is 0.0528. The van der Waals surface area contributed by atoms with E-state index in [4.69, 9.17) is 9.84 Å². The molecule has 7 heteroatoms. The van der Waals surface area contributed by atoms with Gasteiger partial charge in [0.1, 0.15) is 22.7 Å². The Labute approximate surface area is 133 Å². The first-order valence-corrected chi connectivity index (χ1v) is 6.85. The average molecular weight is 321 g/mol. The maximum atomic E-state index is 11.4. The average Bonchev–Trinajstić information content (AvgIpc) is 2.38. The number of ether oxygens (including phenoxy) is 1. The molecule has 1 aromatic carbocycles. The number of phenols is 2. The van der Waals surface area contributed by atoms with E-state index in [0.717, 1.165) is 12.1 Å². The molecule has 0 aliphatic heterocycles. The van der Waals surface area contributed by atoms with Crippen LogP contribution in [0.5, 0.6) is 11.5 Å². The maximum Gasteiger partial charge on any atom is 0.407 e. The minimum absolute atomic E-state index is 0.0810. The third-order valence-corrected chi connectivity index (χ3v) is 2.49. The van der Waals surface area contributed by atoms with Gasteiger partial charge in [0.15, 0.2) is 0 Å². The van der Waals surface area contributed by atoms with Crippen LogP contribution in [0.15, 0.2) is 12.1 Å². The number of nitrogens with one attached hydrogen (secondary N) is 1. The van der Waals surface area contributed by atoms with Gasteiger partial charge in [-0.3, -0.25) is 0 Å². The van der Waals surface area contributed by atoms with Crippen LogP contribution in [-0.2, 0) is 4.74 Å². The van der Waals surface area contributed by atoms with Crippen LogP contribution in [0, 0.1) is 11.8 Å². The Bertz CT molecular complexity index is 664. The van der Waals surface area contributed by atoms with Crippen LogP contribution in [0.1, 0.15) is 43.1 Å². The minimum Gasteiger partial charge on any atom is -0.507 e. The zero-order valence-electron chi connectivity index (χ0n) is 13.1. The van der Waals surface area contributed by atoms with Gasteiger partial charge >= 0.3 is 12.1 Å². The monoisotopic (exact) mass is 321 g/mol. The second-order valence-corrected chi connectivity index (χ2v) is 5.67. The van der Waals surface area contributed by atoms with Gasteiger partial charge < -0.3 is 25.4 Å². The van der Waals surface area contributed by atoms with E-state index in [1.54, 1.807) is 20.8 Å². The predicted molar refractivity (Wildman–Crippen MR) is 82.5 cm³/mol.